The fourth-order valence-corrected chi connectivity index (χ4v) is 2.29. The Morgan fingerprint density at radius 2 is 2.37 bits per heavy atom. The third kappa shape index (κ3) is 2.23. The summed E-state index contributed by atoms with van der Waals surface area (Å²) in [7, 11) is 0. The van der Waals surface area contributed by atoms with Crippen molar-refractivity contribution in [2.45, 2.75) is 19.8 Å². The number of piperazine rings is 1. The Hall–Kier alpha value is -2.18. The molecule has 1 saturated heterocycles. The first-order chi connectivity index (χ1) is 9.28. The molecule has 0 saturated carbocycles. The van der Waals surface area contributed by atoms with Gasteiger partial charge in [0.2, 0.25) is 5.91 Å². The van der Waals surface area contributed by atoms with Crippen LogP contribution in [0.25, 0.3) is 5.78 Å². The van der Waals surface area contributed by atoms with Crippen LogP contribution in [0.15, 0.2) is 12.4 Å². The molecule has 0 aliphatic carbocycles. The number of anilines is 1. The van der Waals surface area contributed by atoms with Crippen LogP contribution in [0.4, 0.5) is 5.82 Å². The minimum absolute atomic E-state index is 0.0355. The molecule has 1 fully saturated rings. The Kier molecular flexibility index (Phi) is 3.02. The first-order valence-electron chi connectivity index (χ1n) is 6.49. The van der Waals surface area contributed by atoms with Crippen LogP contribution < -0.4 is 10.2 Å². The molecule has 2 aromatic heterocycles. The Labute approximate surface area is 110 Å². The van der Waals surface area contributed by atoms with E-state index in [0.29, 0.717) is 18.9 Å². The second-order valence-corrected chi connectivity index (χ2v) is 4.60. The molecule has 1 N–H and O–H groups in total. The lowest BCUT2D eigenvalue weighted by Gasteiger charge is -2.28. The number of nitrogens with zero attached hydrogens (tertiary/aromatic N) is 5. The van der Waals surface area contributed by atoms with Crippen LogP contribution in [0.2, 0.25) is 0 Å². The van der Waals surface area contributed by atoms with Gasteiger partial charge in [-0.25, -0.2) is 4.98 Å². The van der Waals surface area contributed by atoms with Gasteiger partial charge in [0, 0.05) is 24.8 Å². The lowest BCUT2D eigenvalue weighted by molar-refractivity contribution is -0.120. The van der Waals surface area contributed by atoms with Crippen LogP contribution >= 0.6 is 0 Å². The maximum atomic E-state index is 11.5. The molecule has 0 unspecified atom stereocenters. The van der Waals surface area contributed by atoms with E-state index in [4.69, 9.17) is 0 Å². The van der Waals surface area contributed by atoms with Crippen LogP contribution in [-0.4, -0.2) is 45.1 Å². The molecule has 7 heteroatoms. The average Bonchev–Trinajstić information content (AvgIpc) is 2.86. The third-order valence-corrected chi connectivity index (χ3v) is 3.15. The maximum absolute atomic E-state index is 11.5. The van der Waals surface area contributed by atoms with E-state index in [2.05, 4.69) is 27.3 Å². The van der Waals surface area contributed by atoms with Crippen molar-refractivity contribution in [3.63, 3.8) is 0 Å². The monoisotopic (exact) mass is 260 g/mol. The van der Waals surface area contributed by atoms with Crippen LogP contribution in [-0.2, 0) is 11.2 Å². The van der Waals surface area contributed by atoms with Crippen molar-refractivity contribution in [3.05, 3.63) is 18.1 Å². The van der Waals surface area contributed by atoms with Gasteiger partial charge < -0.3 is 10.2 Å². The summed E-state index contributed by atoms with van der Waals surface area (Å²) < 4.78 is 1.69. The van der Waals surface area contributed by atoms with Crippen LogP contribution in [0.1, 0.15) is 19.0 Å². The number of fused-ring (bicyclic) bond motifs is 1. The number of amides is 1. The second-order valence-electron chi connectivity index (χ2n) is 4.60. The summed E-state index contributed by atoms with van der Waals surface area (Å²) in [5.74, 6) is 1.51. The predicted octanol–water partition coefficient (Wildman–Crippen LogP) is 0.0130. The number of nitrogens with one attached hydrogen (secondary N) is 1. The minimum atomic E-state index is 0.0355. The van der Waals surface area contributed by atoms with Gasteiger partial charge in [0.05, 0.1) is 6.54 Å². The van der Waals surface area contributed by atoms with Crippen molar-refractivity contribution in [1.82, 2.24) is 24.9 Å². The van der Waals surface area contributed by atoms with Crippen LogP contribution in [0.5, 0.6) is 0 Å². The molecular formula is C12H16N6O. The van der Waals surface area contributed by atoms with Gasteiger partial charge in [0.15, 0.2) is 0 Å². The van der Waals surface area contributed by atoms with E-state index >= 15 is 0 Å². The van der Waals surface area contributed by atoms with E-state index in [1.54, 1.807) is 4.52 Å². The predicted molar refractivity (Wildman–Crippen MR) is 70.0 cm³/mol. The molecule has 0 spiro atoms. The van der Waals surface area contributed by atoms with Gasteiger partial charge in [0.1, 0.15) is 12.1 Å². The Morgan fingerprint density at radius 3 is 3.16 bits per heavy atom. The van der Waals surface area contributed by atoms with Crippen molar-refractivity contribution in [2.75, 3.05) is 24.5 Å². The molecular weight excluding hydrogens is 244 g/mol. The summed E-state index contributed by atoms with van der Waals surface area (Å²) in [6.07, 6.45) is 3.42. The highest BCUT2D eigenvalue weighted by Gasteiger charge is 2.20. The quantitative estimate of drug-likeness (QED) is 0.841. The van der Waals surface area contributed by atoms with E-state index < -0.39 is 0 Å². The van der Waals surface area contributed by atoms with Gasteiger partial charge in [0.25, 0.3) is 5.78 Å². The number of carbonyl (C=O) groups excluding carboxylic acids is 1. The Morgan fingerprint density at radius 1 is 1.47 bits per heavy atom. The van der Waals surface area contributed by atoms with E-state index in [-0.39, 0.29) is 5.91 Å². The molecule has 100 valence electrons. The lowest BCUT2D eigenvalue weighted by atomic mass is 10.2. The van der Waals surface area contributed by atoms with Crippen molar-refractivity contribution >= 4 is 17.5 Å². The zero-order chi connectivity index (χ0) is 13.2. The number of carbonyl (C=O) groups is 1. The van der Waals surface area contributed by atoms with E-state index in [1.165, 1.54) is 6.33 Å². The Bertz CT molecular complexity index is 607. The number of rotatable bonds is 3. The normalized spacial score (nSPS) is 15.8. The van der Waals surface area contributed by atoms with Crippen LogP contribution in [0.3, 0.4) is 0 Å². The average molecular weight is 260 g/mol. The fraction of sp³-hybridized carbons (Fsp3) is 0.500. The zero-order valence-electron chi connectivity index (χ0n) is 10.8. The standard InChI is InChI=1S/C12H16N6O/c1-2-3-9-6-11(17-5-4-13-10(19)7-17)18-12(16-9)14-8-15-18/h6,8H,2-5,7H2,1H3,(H,13,19). The molecule has 3 heterocycles. The largest absolute Gasteiger partial charge is 0.353 e. The lowest BCUT2D eigenvalue weighted by Crippen LogP contribution is -2.48. The SMILES string of the molecule is CCCc1cc(N2CCNC(=O)C2)n2ncnc2n1. The van der Waals surface area contributed by atoms with Gasteiger partial charge in [-0.3, -0.25) is 4.79 Å². The summed E-state index contributed by atoms with van der Waals surface area (Å²) in [4.78, 5) is 22.1. The summed E-state index contributed by atoms with van der Waals surface area (Å²) >= 11 is 0. The number of hydrogen-bond acceptors (Lipinski definition) is 5. The fourth-order valence-electron chi connectivity index (χ4n) is 2.29. The maximum Gasteiger partial charge on any atom is 0.254 e. The van der Waals surface area contributed by atoms with E-state index in [1.807, 2.05) is 11.0 Å². The smallest absolute Gasteiger partial charge is 0.254 e. The number of hydrogen-bond donors (Lipinski definition) is 1. The molecule has 2 aromatic rings. The molecule has 0 aromatic carbocycles. The van der Waals surface area contributed by atoms with Crippen molar-refractivity contribution in [3.8, 4) is 0 Å². The van der Waals surface area contributed by atoms with E-state index in [0.717, 1.165) is 30.9 Å². The van der Waals surface area contributed by atoms with Gasteiger partial charge in [-0.1, -0.05) is 13.3 Å². The summed E-state index contributed by atoms with van der Waals surface area (Å²) in [6.45, 7) is 3.89. The highest BCUT2D eigenvalue weighted by molar-refractivity contribution is 5.82. The molecule has 1 amide bonds. The number of aryl methyl sites for hydroxylation is 1. The molecule has 3 rings (SSSR count). The second kappa shape index (κ2) is 4.83. The first-order valence-corrected chi connectivity index (χ1v) is 6.49. The zero-order valence-corrected chi connectivity index (χ0v) is 10.8. The minimum Gasteiger partial charge on any atom is -0.353 e. The summed E-state index contributed by atoms with van der Waals surface area (Å²) in [5, 5.41) is 7.01. The van der Waals surface area contributed by atoms with Crippen LogP contribution in [0, 0.1) is 0 Å². The highest BCUT2D eigenvalue weighted by atomic mass is 16.2. The molecule has 19 heavy (non-hydrogen) atoms. The molecule has 1 aliphatic rings. The highest BCUT2D eigenvalue weighted by Crippen LogP contribution is 2.17. The van der Waals surface area contributed by atoms with Gasteiger partial charge in [-0.05, 0) is 6.42 Å². The van der Waals surface area contributed by atoms with Gasteiger partial charge in [-0.15, -0.1) is 0 Å². The van der Waals surface area contributed by atoms with Crippen molar-refractivity contribution in [1.29, 1.82) is 0 Å². The number of aromatic nitrogens is 4. The molecule has 1 aliphatic heterocycles. The van der Waals surface area contributed by atoms with Crippen molar-refractivity contribution in [2.24, 2.45) is 0 Å². The molecule has 0 radical (unpaired) electrons. The molecule has 0 atom stereocenters. The molecule has 0 bridgehead atoms. The first kappa shape index (κ1) is 11.9. The summed E-state index contributed by atoms with van der Waals surface area (Å²) in [6, 6.07) is 2.00. The van der Waals surface area contributed by atoms with E-state index in [9.17, 15) is 4.79 Å². The van der Waals surface area contributed by atoms with Gasteiger partial charge in [-0.2, -0.15) is 14.6 Å². The van der Waals surface area contributed by atoms with Crippen molar-refractivity contribution < 1.29 is 4.79 Å². The Balaban J connectivity index is 2.04. The third-order valence-electron chi connectivity index (χ3n) is 3.15. The molecule has 7 nitrogen and oxygen atoms in total. The summed E-state index contributed by atoms with van der Waals surface area (Å²) in [5.41, 5.74) is 0.990. The topological polar surface area (TPSA) is 75.4 Å². The van der Waals surface area contributed by atoms with Gasteiger partial charge >= 0.3 is 0 Å².